The van der Waals surface area contributed by atoms with Crippen LogP contribution in [0.1, 0.15) is 18.4 Å². The normalized spacial score (nSPS) is 17.9. The number of urea groups is 1. The van der Waals surface area contributed by atoms with Gasteiger partial charge >= 0.3 is 6.03 Å². The van der Waals surface area contributed by atoms with Gasteiger partial charge in [-0.15, -0.1) is 0 Å². The minimum absolute atomic E-state index is 0.00135. The van der Waals surface area contributed by atoms with Crippen molar-refractivity contribution in [3.63, 3.8) is 0 Å². The fourth-order valence-corrected chi connectivity index (χ4v) is 3.84. The monoisotopic (exact) mass is 383 g/mol. The van der Waals surface area contributed by atoms with Crippen molar-refractivity contribution in [2.24, 2.45) is 0 Å². The lowest BCUT2D eigenvalue weighted by Crippen LogP contribution is -2.52. The number of benzene rings is 2. The third-order valence-corrected chi connectivity index (χ3v) is 5.89. The Morgan fingerprint density at radius 3 is 2.25 bits per heavy atom. The molecule has 2 fully saturated rings. The van der Waals surface area contributed by atoms with Gasteiger partial charge in [-0.3, -0.25) is 0 Å². The number of nitrogens with one attached hydrogen (secondary N) is 1. The molecule has 0 atom stereocenters. The van der Waals surface area contributed by atoms with Crippen molar-refractivity contribution in [1.82, 2.24) is 10.2 Å². The maximum atomic E-state index is 13.1. The molecule has 6 heteroatoms. The highest BCUT2D eigenvalue weighted by Gasteiger charge is 2.44. The average Bonchev–Trinajstić information content (AvgIpc) is 3.54. The van der Waals surface area contributed by atoms with Crippen LogP contribution in [0.5, 0.6) is 5.75 Å². The molecule has 2 aliphatic rings. The maximum absolute atomic E-state index is 13.1. The van der Waals surface area contributed by atoms with E-state index in [4.69, 9.17) is 4.74 Å². The van der Waals surface area contributed by atoms with Gasteiger partial charge in [-0.05, 0) is 54.8 Å². The number of hydrogen-bond acceptors (Lipinski definition) is 3. The van der Waals surface area contributed by atoms with Crippen molar-refractivity contribution < 1.29 is 13.9 Å². The SMILES string of the molecule is COc1ccc(C2(CNC(=O)N3CCN(c4ccc(F)cc4)CC3)CC2)cc1. The summed E-state index contributed by atoms with van der Waals surface area (Å²) in [6.07, 6.45) is 2.19. The van der Waals surface area contributed by atoms with Crippen LogP contribution in [0, 0.1) is 5.82 Å². The molecule has 4 rings (SSSR count). The van der Waals surface area contributed by atoms with Crippen LogP contribution in [-0.2, 0) is 5.41 Å². The number of anilines is 1. The van der Waals surface area contributed by atoms with Gasteiger partial charge in [-0.1, -0.05) is 12.1 Å². The molecule has 0 radical (unpaired) electrons. The van der Waals surface area contributed by atoms with Crippen LogP contribution in [0.4, 0.5) is 14.9 Å². The van der Waals surface area contributed by atoms with Crippen molar-refractivity contribution in [2.45, 2.75) is 18.3 Å². The fraction of sp³-hybridized carbons (Fsp3) is 0.409. The summed E-state index contributed by atoms with van der Waals surface area (Å²) in [7, 11) is 1.66. The van der Waals surface area contributed by atoms with Crippen LogP contribution >= 0.6 is 0 Å². The second-order valence-corrected chi connectivity index (χ2v) is 7.62. The third kappa shape index (κ3) is 3.91. The van der Waals surface area contributed by atoms with E-state index in [2.05, 4.69) is 22.3 Å². The molecule has 28 heavy (non-hydrogen) atoms. The molecule has 2 aromatic carbocycles. The van der Waals surface area contributed by atoms with E-state index in [9.17, 15) is 9.18 Å². The van der Waals surface area contributed by atoms with Crippen LogP contribution in [0.15, 0.2) is 48.5 Å². The number of amides is 2. The summed E-state index contributed by atoms with van der Waals surface area (Å²) in [4.78, 5) is 16.7. The number of piperazine rings is 1. The lowest BCUT2D eigenvalue weighted by molar-refractivity contribution is 0.193. The summed E-state index contributed by atoms with van der Waals surface area (Å²) in [6.45, 7) is 3.50. The summed E-state index contributed by atoms with van der Waals surface area (Å²) >= 11 is 0. The van der Waals surface area contributed by atoms with Gasteiger partial charge in [-0.2, -0.15) is 0 Å². The van der Waals surface area contributed by atoms with Gasteiger partial charge in [-0.25, -0.2) is 9.18 Å². The fourth-order valence-electron chi connectivity index (χ4n) is 3.84. The summed E-state index contributed by atoms with van der Waals surface area (Å²) in [5.74, 6) is 0.621. The molecule has 1 heterocycles. The molecule has 1 saturated heterocycles. The highest BCUT2D eigenvalue weighted by Crippen LogP contribution is 2.47. The van der Waals surface area contributed by atoms with Gasteiger partial charge in [0, 0.05) is 43.8 Å². The Labute approximate surface area is 165 Å². The van der Waals surface area contributed by atoms with Crippen molar-refractivity contribution in [2.75, 3.05) is 44.7 Å². The molecule has 0 aromatic heterocycles. The second-order valence-electron chi connectivity index (χ2n) is 7.62. The number of rotatable bonds is 5. The molecule has 0 unspecified atom stereocenters. The number of carbonyl (C=O) groups is 1. The van der Waals surface area contributed by atoms with Crippen LogP contribution in [0.3, 0.4) is 0 Å². The number of halogens is 1. The minimum Gasteiger partial charge on any atom is -0.497 e. The Kier molecular flexibility index (Phi) is 5.11. The molecule has 1 N–H and O–H groups in total. The zero-order valence-electron chi connectivity index (χ0n) is 16.2. The van der Waals surface area contributed by atoms with Crippen LogP contribution in [-0.4, -0.2) is 50.8 Å². The molecule has 1 saturated carbocycles. The van der Waals surface area contributed by atoms with Crippen LogP contribution < -0.4 is 15.0 Å². The van der Waals surface area contributed by atoms with Gasteiger partial charge in [0.1, 0.15) is 11.6 Å². The van der Waals surface area contributed by atoms with Crippen LogP contribution in [0.2, 0.25) is 0 Å². The Bertz CT molecular complexity index is 811. The lowest BCUT2D eigenvalue weighted by atomic mass is 9.96. The van der Waals surface area contributed by atoms with Crippen molar-refractivity contribution >= 4 is 11.7 Å². The summed E-state index contributed by atoms with van der Waals surface area (Å²) in [5.41, 5.74) is 2.32. The number of methoxy groups -OCH3 is 1. The zero-order valence-corrected chi connectivity index (χ0v) is 16.2. The summed E-state index contributed by atoms with van der Waals surface area (Å²) in [5, 5.41) is 3.13. The largest absolute Gasteiger partial charge is 0.497 e. The van der Waals surface area contributed by atoms with E-state index >= 15 is 0 Å². The quantitative estimate of drug-likeness (QED) is 0.861. The smallest absolute Gasteiger partial charge is 0.317 e. The predicted octanol–water partition coefficient (Wildman–Crippen LogP) is 3.40. The van der Waals surface area contributed by atoms with Gasteiger partial charge in [0.25, 0.3) is 0 Å². The van der Waals surface area contributed by atoms with E-state index in [0.717, 1.165) is 37.4 Å². The first kappa shape index (κ1) is 18.6. The van der Waals surface area contributed by atoms with E-state index in [1.165, 1.54) is 17.7 Å². The minimum atomic E-state index is -0.229. The second kappa shape index (κ2) is 7.70. The molecule has 0 bridgehead atoms. The molecule has 2 amide bonds. The highest BCUT2D eigenvalue weighted by atomic mass is 19.1. The predicted molar refractivity (Wildman–Crippen MR) is 107 cm³/mol. The van der Waals surface area contributed by atoms with Gasteiger partial charge in [0.15, 0.2) is 0 Å². The Hall–Kier alpha value is -2.76. The number of nitrogens with zero attached hydrogens (tertiary/aromatic N) is 2. The molecule has 1 aliphatic heterocycles. The first-order chi connectivity index (χ1) is 13.6. The number of carbonyl (C=O) groups excluding carboxylic acids is 1. The van der Waals surface area contributed by atoms with E-state index in [0.29, 0.717) is 19.6 Å². The Morgan fingerprint density at radius 1 is 1.04 bits per heavy atom. The van der Waals surface area contributed by atoms with E-state index in [-0.39, 0.29) is 17.3 Å². The van der Waals surface area contributed by atoms with Crippen molar-refractivity contribution in [1.29, 1.82) is 0 Å². The molecular weight excluding hydrogens is 357 g/mol. The van der Waals surface area contributed by atoms with Gasteiger partial charge in [0.2, 0.25) is 0 Å². The molecule has 5 nitrogen and oxygen atoms in total. The van der Waals surface area contributed by atoms with Crippen LogP contribution in [0.25, 0.3) is 0 Å². The van der Waals surface area contributed by atoms with Crippen molar-refractivity contribution in [3.05, 3.63) is 59.9 Å². The lowest BCUT2D eigenvalue weighted by Gasteiger charge is -2.36. The number of hydrogen-bond donors (Lipinski definition) is 1. The van der Waals surface area contributed by atoms with Crippen molar-refractivity contribution in [3.8, 4) is 5.75 Å². The molecule has 0 spiro atoms. The molecular formula is C22H26FN3O2. The van der Waals surface area contributed by atoms with E-state index < -0.39 is 0 Å². The summed E-state index contributed by atoms with van der Waals surface area (Å²) < 4.78 is 18.3. The number of ether oxygens (including phenoxy) is 1. The first-order valence-electron chi connectivity index (χ1n) is 9.77. The first-order valence-corrected chi connectivity index (χ1v) is 9.77. The van der Waals surface area contributed by atoms with E-state index in [1.54, 1.807) is 19.2 Å². The zero-order chi connectivity index (χ0) is 19.6. The summed E-state index contributed by atoms with van der Waals surface area (Å²) in [6, 6.07) is 14.7. The van der Waals surface area contributed by atoms with E-state index in [1.807, 2.05) is 17.0 Å². The Morgan fingerprint density at radius 2 is 1.68 bits per heavy atom. The molecule has 1 aliphatic carbocycles. The maximum Gasteiger partial charge on any atom is 0.317 e. The highest BCUT2D eigenvalue weighted by molar-refractivity contribution is 5.75. The average molecular weight is 383 g/mol. The van der Waals surface area contributed by atoms with Gasteiger partial charge < -0.3 is 19.9 Å². The Balaban J connectivity index is 1.28. The molecule has 2 aromatic rings. The van der Waals surface area contributed by atoms with Gasteiger partial charge in [0.05, 0.1) is 7.11 Å². The third-order valence-electron chi connectivity index (χ3n) is 5.89. The standard InChI is InChI=1S/C22H26FN3O2/c1-28-20-8-2-17(3-9-20)22(10-11-22)16-24-21(27)26-14-12-25(13-15-26)19-6-4-18(23)5-7-19/h2-9H,10-16H2,1H3,(H,24,27). The molecule has 148 valence electrons. The topological polar surface area (TPSA) is 44.8 Å².